The highest BCUT2D eigenvalue weighted by Gasteiger charge is 2.44. The van der Waals surface area contributed by atoms with Crippen LogP contribution in [0.4, 0.5) is 0 Å². The van der Waals surface area contributed by atoms with Crippen LogP contribution in [0.25, 0.3) is 0 Å². The second kappa shape index (κ2) is 25.2. The summed E-state index contributed by atoms with van der Waals surface area (Å²) < 4.78 is 5.95. The number of nitrogens with two attached hydrogens (primary N) is 1. The summed E-state index contributed by atoms with van der Waals surface area (Å²) in [6.07, 6.45) is 0.0414. The Balaban J connectivity index is 2.24. The molecule has 368 valence electrons. The number of phenolic OH excluding ortho intramolecular Hbond substituents is 1. The number of likely N-dealkylation sites (N-methyl/N-ethyl adjacent to an activating group) is 1. The van der Waals surface area contributed by atoms with Gasteiger partial charge in [-0.15, -0.1) is 0 Å². The molecule has 3 rings (SSSR count). The van der Waals surface area contributed by atoms with Gasteiger partial charge >= 0.3 is 5.97 Å². The minimum atomic E-state index is -1.70. The van der Waals surface area contributed by atoms with E-state index >= 15 is 0 Å². The highest BCUT2D eigenvalue weighted by Crippen LogP contribution is 2.24. The number of esters is 1. The number of nitrogens with one attached hydrogen (secondary N) is 5. The summed E-state index contributed by atoms with van der Waals surface area (Å²) >= 11 is 0. The number of aromatic hydroxyl groups is 1. The van der Waals surface area contributed by atoms with Gasteiger partial charge in [0, 0.05) is 32.4 Å². The molecule has 19 nitrogen and oxygen atoms in total. The summed E-state index contributed by atoms with van der Waals surface area (Å²) in [7, 11) is 1.43. The van der Waals surface area contributed by atoms with E-state index in [1.54, 1.807) is 46.8 Å². The number of benzene rings is 1. The predicted octanol–water partition coefficient (Wildman–Crippen LogP) is 1.57. The second-order valence-corrected chi connectivity index (χ2v) is 18.5. The third-order valence-electron chi connectivity index (χ3n) is 12.9. The molecule has 2 aliphatic heterocycles. The highest BCUT2D eigenvalue weighted by molar-refractivity contribution is 5.98. The summed E-state index contributed by atoms with van der Waals surface area (Å²) in [6.45, 7) is 15.8. The first-order chi connectivity index (χ1) is 31.0. The number of cyclic esters (lactones) is 1. The summed E-state index contributed by atoms with van der Waals surface area (Å²) in [5, 5.41) is 23.7. The number of amides is 8. The van der Waals surface area contributed by atoms with Crippen molar-refractivity contribution in [2.75, 3.05) is 13.6 Å². The number of nitrogens with zero attached hydrogens (tertiary/aromatic N) is 2. The van der Waals surface area contributed by atoms with Gasteiger partial charge in [-0.05, 0) is 74.5 Å². The summed E-state index contributed by atoms with van der Waals surface area (Å²) in [6, 6.07) is -2.95. The normalized spacial score (nSPS) is 25.7. The number of rotatable bonds is 16. The number of ether oxygens (including phenoxy) is 1. The maximum Gasteiger partial charge on any atom is 0.329 e. The largest absolute Gasteiger partial charge is 0.508 e. The Morgan fingerprint density at radius 3 is 2.02 bits per heavy atom. The molecule has 1 aromatic rings. The molecule has 0 spiro atoms. The topological polar surface area (TPSA) is 276 Å². The van der Waals surface area contributed by atoms with E-state index in [2.05, 4.69) is 26.6 Å². The summed E-state index contributed by atoms with van der Waals surface area (Å²) in [5.41, 5.74) is 5.98. The van der Waals surface area contributed by atoms with Crippen LogP contribution in [0.15, 0.2) is 24.3 Å². The van der Waals surface area contributed by atoms with Crippen molar-refractivity contribution in [1.82, 2.24) is 36.4 Å². The SMILES string of the molecule is CCC(C)C(=O)N[C@@H](CCC(N)=O)C(=O)N[C@@H]1C(=O)N[C@@H](CC(C)C)C(=O)N2CCCC2C(=O)N[C@@H](C(C)CC)C(=O)N(C)[C@@H](Cc2ccc(O)cc2)C(=O)N[C@@H](C(C)CC)C(=O)O[C@@H]1C. The average Bonchev–Trinajstić information content (AvgIpc) is 3.78. The Bertz CT molecular complexity index is 1890. The van der Waals surface area contributed by atoms with Crippen LogP contribution in [0.3, 0.4) is 0 Å². The minimum absolute atomic E-state index is 0.0171. The number of hydrogen-bond acceptors (Lipinski definition) is 11. The Kier molecular flexibility index (Phi) is 20.9. The van der Waals surface area contributed by atoms with E-state index < -0.39 is 119 Å². The number of carbonyl (C=O) groups excluding carboxylic acids is 9. The summed E-state index contributed by atoms with van der Waals surface area (Å²) in [4.78, 5) is 129. The van der Waals surface area contributed by atoms with Gasteiger partial charge in [0.15, 0.2) is 0 Å². The number of hydrogen-bond donors (Lipinski definition) is 7. The van der Waals surface area contributed by atoms with Crippen LogP contribution >= 0.6 is 0 Å². The lowest BCUT2D eigenvalue weighted by Gasteiger charge is -2.35. The van der Waals surface area contributed by atoms with Crippen molar-refractivity contribution in [3.05, 3.63) is 29.8 Å². The van der Waals surface area contributed by atoms with E-state index in [1.165, 1.54) is 35.9 Å². The molecule has 1 aromatic carbocycles. The fraction of sp³-hybridized carbons (Fsp3) is 0.681. The van der Waals surface area contributed by atoms with Crippen molar-refractivity contribution < 1.29 is 53.0 Å². The smallest absolute Gasteiger partial charge is 0.329 e. The van der Waals surface area contributed by atoms with Gasteiger partial charge in [0.05, 0.1) is 0 Å². The third kappa shape index (κ3) is 14.9. The van der Waals surface area contributed by atoms with Gasteiger partial charge in [-0.1, -0.05) is 80.4 Å². The number of primary amides is 1. The van der Waals surface area contributed by atoms with Gasteiger partial charge in [-0.3, -0.25) is 38.4 Å². The Hall–Kier alpha value is -5.75. The van der Waals surface area contributed by atoms with E-state index in [4.69, 9.17) is 10.5 Å². The monoisotopic (exact) mass is 927 g/mol. The van der Waals surface area contributed by atoms with Gasteiger partial charge in [0.2, 0.25) is 47.3 Å². The van der Waals surface area contributed by atoms with E-state index in [0.717, 1.165) is 0 Å². The van der Waals surface area contributed by atoms with Gasteiger partial charge < -0.3 is 52.0 Å². The van der Waals surface area contributed by atoms with Crippen LogP contribution in [0.2, 0.25) is 0 Å². The third-order valence-corrected chi connectivity index (χ3v) is 12.9. The fourth-order valence-electron chi connectivity index (χ4n) is 7.97. The zero-order chi connectivity index (χ0) is 49.6. The van der Waals surface area contributed by atoms with Crippen LogP contribution in [-0.4, -0.2) is 130 Å². The van der Waals surface area contributed by atoms with E-state index in [9.17, 15) is 48.3 Å². The van der Waals surface area contributed by atoms with Crippen molar-refractivity contribution in [2.24, 2.45) is 29.4 Å². The number of carbonyl (C=O) groups is 9. The van der Waals surface area contributed by atoms with Gasteiger partial charge in [0.25, 0.3) is 0 Å². The van der Waals surface area contributed by atoms with Crippen LogP contribution in [0, 0.1) is 23.7 Å². The lowest BCUT2D eigenvalue weighted by molar-refractivity contribution is -0.158. The van der Waals surface area contributed by atoms with Crippen molar-refractivity contribution in [3.8, 4) is 5.75 Å². The first-order valence-electron chi connectivity index (χ1n) is 23.4. The van der Waals surface area contributed by atoms with E-state index in [0.29, 0.717) is 31.2 Å². The molecule has 0 radical (unpaired) electrons. The number of phenols is 1. The summed E-state index contributed by atoms with van der Waals surface area (Å²) in [5.74, 6) is -8.19. The zero-order valence-electron chi connectivity index (χ0n) is 40.3. The maximum absolute atomic E-state index is 14.6. The van der Waals surface area contributed by atoms with Crippen molar-refractivity contribution >= 4 is 53.2 Å². The molecule has 0 saturated carbocycles. The molecule has 8 N–H and O–H groups in total. The lowest BCUT2D eigenvalue weighted by atomic mass is 9.95. The molecular formula is C47H74N8O11. The Labute approximate surface area is 388 Å². The van der Waals surface area contributed by atoms with Crippen molar-refractivity contribution in [2.45, 2.75) is 168 Å². The van der Waals surface area contributed by atoms with E-state index in [-0.39, 0.29) is 50.3 Å². The molecule has 66 heavy (non-hydrogen) atoms. The fourth-order valence-corrected chi connectivity index (χ4v) is 7.97. The Morgan fingerprint density at radius 2 is 1.44 bits per heavy atom. The quantitative estimate of drug-likeness (QED) is 0.117. The lowest BCUT2D eigenvalue weighted by Crippen LogP contribution is -2.62. The minimum Gasteiger partial charge on any atom is -0.508 e. The van der Waals surface area contributed by atoms with Crippen LogP contribution in [0.5, 0.6) is 5.75 Å². The first kappa shape index (κ1) is 54.6. The number of fused-ring (bicyclic) bond motifs is 1. The molecule has 0 aliphatic carbocycles. The molecule has 11 atom stereocenters. The highest BCUT2D eigenvalue weighted by atomic mass is 16.5. The Morgan fingerprint density at radius 1 is 0.833 bits per heavy atom. The molecule has 2 heterocycles. The van der Waals surface area contributed by atoms with Gasteiger partial charge in [0.1, 0.15) is 54.1 Å². The molecule has 4 unspecified atom stereocenters. The first-order valence-corrected chi connectivity index (χ1v) is 23.4. The van der Waals surface area contributed by atoms with Crippen molar-refractivity contribution in [3.63, 3.8) is 0 Å². The maximum atomic E-state index is 14.6. The van der Waals surface area contributed by atoms with Crippen LogP contribution < -0.4 is 32.3 Å². The molecule has 2 fully saturated rings. The van der Waals surface area contributed by atoms with Crippen molar-refractivity contribution in [1.29, 1.82) is 0 Å². The standard InChI is InChI=1S/C47H74N8O11/c1-11-26(6)37-46(64)54(10)35(24-30-16-18-31(56)19-17-30)43(61)52-38(27(7)12-2)47(65)66-29(9)39(53-41(59)32(20-21-36(48)57)49-40(58)28(8)13-3)44(62)50-33(23-25(4)5)45(63)55-22-14-15-34(55)42(60)51-37/h16-19,25-29,32-35,37-39,56H,11-15,20-24H2,1-10H3,(H2,48,57)(H,49,58)(H,50,62)(H,51,60)(H,52,61)(H,53,59)/t26?,27?,28?,29-,32+,33+,34?,35+,37+,38+,39+/m1/s1. The predicted molar refractivity (Wildman–Crippen MR) is 245 cm³/mol. The molecule has 2 aliphatic rings. The molecule has 0 aromatic heterocycles. The van der Waals surface area contributed by atoms with Crippen LogP contribution in [0.1, 0.15) is 119 Å². The van der Waals surface area contributed by atoms with Crippen LogP contribution in [-0.2, 0) is 54.3 Å². The second-order valence-electron chi connectivity index (χ2n) is 18.5. The van der Waals surface area contributed by atoms with Gasteiger partial charge in [-0.25, -0.2) is 4.79 Å². The zero-order valence-corrected chi connectivity index (χ0v) is 40.3. The van der Waals surface area contributed by atoms with E-state index in [1.807, 2.05) is 20.8 Å². The molecule has 2 saturated heterocycles. The average molecular weight is 927 g/mol. The van der Waals surface area contributed by atoms with Gasteiger partial charge in [-0.2, -0.15) is 0 Å². The molecular weight excluding hydrogens is 853 g/mol. The molecule has 0 bridgehead atoms. The molecule has 19 heteroatoms. The molecule has 8 amide bonds.